The van der Waals surface area contributed by atoms with E-state index in [2.05, 4.69) is 11.8 Å². The van der Waals surface area contributed by atoms with Crippen molar-refractivity contribution in [3.8, 4) is 11.5 Å². The number of methoxy groups -OCH3 is 1. The summed E-state index contributed by atoms with van der Waals surface area (Å²) in [4.78, 5) is 22.0. The average molecular weight is 476 g/mol. The van der Waals surface area contributed by atoms with Crippen molar-refractivity contribution in [1.82, 2.24) is 9.88 Å². The number of fused-ring (bicyclic) bond motifs is 1. The van der Waals surface area contributed by atoms with Gasteiger partial charge in [-0.1, -0.05) is 36.3 Å². The van der Waals surface area contributed by atoms with Crippen molar-refractivity contribution >= 4 is 44.2 Å². The fourth-order valence-electron chi connectivity index (χ4n) is 3.23. The first kappa shape index (κ1) is 24.3. The number of carbonyl (C=O) groups is 1. The van der Waals surface area contributed by atoms with E-state index in [0.717, 1.165) is 36.3 Å². The van der Waals surface area contributed by atoms with Crippen LogP contribution >= 0.6 is 22.9 Å². The van der Waals surface area contributed by atoms with Crippen LogP contribution in [-0.4, -0.2) is 56.7 Å². The smallest absolute Gasteiger partial charge is 0.260 e. The molecular formula is C24H30ClN3O3S. The highest BCUT2D eigenvalue weighted by atomic mass is 35.5. The summed E-state index contributed by atoms with van der Waals surface area (Å²) in [5.41, 5.74) is 1.26. The zero-order valence-corrected chi connectivity index (χ0v) is 20.6. The van der Waals surface area contributed by atoms with Crippen molar-refractivity contribution in [1.29, 1.82) is 0 Å². The molecule has 0 fully saturated rings. The number of ether oxygens (including phenoxy) is 2. The maximum Gasteiger partial charge on any atom is 0.260 e. The van der Waals surface area contributed by atoms with Crippen molar-refractivity contribution < 1.29 is 14.3 Å². The maximum atomic E-state index is 13.5. The van der Waals surface area contributed by atoms with Gasteiger partial charge in [0.1, 0.15) is 17.0 Å². The normalized spacial score (nSPS) is 11.2. The molecule has 0 N–H and O–H groups in total. The third-order valence-corrected chi connectivity index (χ3v) is 6.54. The van der Waals surface area contributed by atoms with E-state index in [0.29, 0.717) is 40.1 Å². The Morgan fingerprint density at radius 3 is 2.50 bits per heavy atom. The van der Waals surface area contributed by atoms with Gasteiger partial charge in [0.25, 0.3) is 5.91 Å². The van der Waals surface area contributed by atoms with Crippen molar-refractivity contribution in [2.45, 2.75) is 26.2 Å². The molecule has 2 aromatic carbocycles. The Hall–Kier alpha value is -2.35. The van der Waals surface area contributed by atoms with Crippen LogP contribution in [-0.2, 0) is 0 Å². The molecule has 0 aliphatic rings. The summed E-state index contributed by atoms with van der Waals surface area (Å²) in [5, 5.41) is 1.21. The minimum absolute atomic E-state index is 0.0991. The number of thiazole rings is 1. The molecule has 0 aliphatic heterocycles. The molecule has 0 bridgehead atoms. The zero-order chi connectivity index (χ0) is 23.1. The number of nitrogens with zero attached hydrogens (tertiary/aromatic N) is 3. The fraction of sp³-hybridized carbons (Fsp3) is 0.417. The number of hydrogen-bond donors (Lipinski definition) is 0. The Labute approximate surface area is 198 Å². The van der Waals surface area contributed by atoms with E-state index in [4.69, 9.17) is 26.1 Å². The van der Waals surface area contributed by atoms with Gasteiger partial charge in [-0.3, -0.25) is 9.69 Å². The number of rotatable bonds is 11. The Morgan fingerprint density at radius 1 is 1.09 bits per heavy atom. The molecule has 1 heterocycles. The predicted octanol–water partition coefficient (Wildman–Crippen LogP) is 5.74. The number of aromatic nitrogens is 1. The third kappa shape index (κ3) is 5.91. The van der Waals surface area contributed by atoms with E-state index in [1.165, 1.54) is 11.3 Å². The number of anilines is 1. The quantitative estimate of drug-likeness (QED) is 0.331. The molecular weight excluding hydrogens is 446 g/mol. The Morgan fingerprint density at radius 2 is 1.84 bits per heavy atom. The molecule has 3 rings (SSSR count). The number of amides is 1. The topological polar surface area (TPSA) is 54.9 Å². The van der Waals surface area contributed by atoms with Crippen LogP contribution < -0.4 is 14.4 Å². The lowest BCUT2D eigenvalue weighted by Gasteiger charge is -2.21. The molecule has 0 unspecified atom stereocenters. The van der Waals surface area contributed by atoms with Crippen LogP contribution in [0.5, 0.6) is 11.5 Å². The molecule has 0 saturated carbocycles. The zero-order valence-electron chi connectivity index (χ0n) is 19.1. The summed E-state index contributed by atoms with van der Waals surface area (Å²) in [6.45, 7) is 4.21. The molecule has 32 heavy (non-hydrogen) atoms. The summed E-state index contributed by atoms with van der Waals surface area (Å²) < 4.78 is 12.0. The first-order valence-corrected chi connectivity index (χ1v) is 12.0. The largest absolute Gasteiger partial charge is 0.494 e. The summed E-state index contributed by atoms with van der Waals surface area (Å²) in [6.07, 6.45) is 2.90. The maximum absolute atomic E-state index is 13.5. The van der Waals surface area contributed by atoms with Gasteiger partial charge in [0.05, 0.1) is 23.4 Å². The molecule has 0 spiro atoms. The van der Waals surface area contributed by atoms with Crippen LogP contribution in [0.4, 0.5) is 5.13 Å². The van der Waals surface area contributed by atoms with Gasteiger partial charge >= 0.3 is 0 Å². The molecule has 0 atom stereocenters. The minimum atomic E-state index is -0.0991. The molecule has 0 saturated heterocycles. The summed E-state index contributed by atoms with van der Waals surface area (Å²) in [6, 6.07) is 10.9. The lowest BCUT2D eigenvalue weighted by Crippen LogP contribution is -2.33. The van der Waals surface area contributed by atoms with Crippen molar-refractivity contribution in [3.63, 3.8) is 0 Å². The monoisotopic (exact) mass is 475 g/mol. The Bertz CT molecular complexity index is 1040. The highest BCUT2D eigenvalue weighted by Gasteiger charge is 2.23. The van der Waals surface area contributed by atoms with Crippen molar-refractivity contribution in [2.75, 3.05) is 45.8 Å². The van der Waals surface area contributed by atoms with E-state index in [9.17, 15) is 4.79 Å². The van der Waals surface area contributed by atoms with E-state index in [-0.39, 0.29) is 5.91 Å². The standard InChI is InChI=1S/C24H30ClN3O3S/c1-5-6-16-31-18-10-8-17(9-11-18)23(29)28(15-7-14-27(2)3)24-26-21-20(30-4)13-12-19(25)22(21)32-24/h8-13H,5-7,14-16H2,1-4H3. The molecule has 1 aromatic heterocycles. The van der Waals surface area contributed by atoms with Gasteiger partial charge in [0, 0.05) is 12.1 Å². The van der Waals surface area contributed by atoms with Gasteiger partial charge in [-0.05, 0) is 69.9 Å². The second kappa shape index (κ2) is 11.5. The van der Waals surface area contributed by atoms with Crippen LogP contribution in [0.3, 0.4) is 0 Å². The van der Waals surface area contributed by atoms with Crippen molar-refractivity contribution in [2.24, 2.45) is 0 Å². The number of unbranched alkanes of at least 4 members (excludes halogenated alkanes) is 1. The van der Waals surface area contributed by atoms with Crippen LogP contribution in [0.1, 0.15) is 36.5 Å². The number of hydrogen-bond acceptors (Lipinski definition) is 6. The first-order chi connectivity index (χ1) is 15.4. The Kier molecular flexibility index (Phi) is 8.73. The number of halogens is 1. The molecule has 3 aromatic rings. The van der Waals surface area contributed by atoms with Crippen LogP contribution in [0.25, 0.3) is 10.2 Å². The number of benzene rings is 2. The molecule has 8 heteroatoms. The molecule has 172 valence electrons. The van der Waals surface area contributed by atoms with Crippen molar-refractivity contribution in [3.05, 3.63) is 47.0 Å². The van der Waals surface area contributed by atoms with Crippen LogP contribution in [0, 0.1) is 0 Å². The van der Waals surface area contributed by atoms with Gasteiger partial charge < -0.3 is 14.4 Å². The molecule has 0 aliphatic carbocycles. The van der Waals surface area contributed by atoms with E-state index < -0.39 is 0 Å². The second-order valence-electron chi connectivity index (χ2n) is 7.76. The fourth-order valence-corrected chi connectivity index (χ4v) is 4.51. The lowest BCUT2D eigenvalue weighted by molar-refractivity contribution is 0.0986. The van der Waals surface area contributed by atoms with Gasteiger partial charge in [-0.25, -0.2) is 4.98 Å². The van der Waals surface area contributed by atoms with E-state index >= 15 is 0 Å². The van der Waals surface area contributed by atoms with Crippen LogP contribution in [0.2, 0.25) is 5.02 Å². The van der Waals surface area contributed by atoms with Crippen LogP contribution in [0.15, 0.2) is 36.4 Å². The summed E-state index contributed by atoms with van der Waals surface area (Å²) in [7, 11) is 5.64. The van der Waals surface area contributed by atoms with E-state index in [1.807, 2.05) is 38.4 Å². The molecule has 1 amide bonds. The number of carbonyl (C=O) groups excluding carboxylic acids is 1. The van der Waals surface area contributed by atoms with E-state index in [1.54, 1.807) is 24.1 Å². The van der Waals surface area contributed by atoms with Gasteiger partial charge in [0.2, 0.25) is 0 Å². The summed E-state index contributed by atoms with van der Waals surface area (Å²) in [5.74, 6) is 1.31. The minimum Gasteiger partial charge on any atom is -0.494 e. The third-order valence-electron chi connectivity index (χ3n) is 5.00. The van der Waals surface area contributed by atoms with Gasteiger partial charge in [0.15, 0.2) is 5.13 Å². The predicted molar refractivity (Wildman–Crippen MR) is 133 cm³/mol. The highest BCUT2D eigenvalue weighted by molar-refractivity contribution is 7.23. The Balaban J connectivity index is 1.89. The van der Waals surface area contributed by atoms with Gasteiger partial charge in [-0.2, -0.15) is 0 Å². The lowest BCUT2D eigenvalue weighted by atomic mass is 10.2. The average Bonchev–Trinajstić information content (AvgIpc) is 3.23. The second-order valence-corrected chi connectivity index (χ2v) is 9.15. The summed E-state index contributed by atoms with van der Waals surface area (Å²) >= 11 is 7.81. The van der Waals surface area contributed by atoms with Gasteiger partial charge in [-0.15, -0.1) is 0 Å². The highest BCUT2D eigenvalue weighted by Crippen LogP contribution is 2.39. The molecule has 0 radical (unpaired) electrons. The first-order valence-electron chi connectivity index (χ1n) is 10.8. The molecule has 6 nitrogen and oxygen atoms in total. The SMILES string of the molecule is CCCCOc1ccc(C(=O)N(CCCN(C)C)c2nc3c(OC)ccc(Cl)c3s2)cc1.